The molecule has 0 radical (unpaired) electrons. The number of hydrogen-bond acceptors (Lipinski definition) is 4. The Morgan fingerprint density at radius 3 is 2.90 bits per heavy atom. The summed E-state index contributed by atoms with van der Waals surface area (Å²) in [5, 5.41) is 13.6. The highest BCUT2D eigenvalue weighted by atomic mass is 35.5. The molecule has 2 N–H and O–H groups in total. The van der Waals surface area contributed by atoms with Crippen molar-refractivity contribution in [2.75, 3.05) is 13.2 Å². The molecule has 1 atom stereocenters. The number of halogens is 1. The van der Waals surface area contributed by atoms with Gasteiger partial charge in [-0.25, -0.2) is 0 Å². The van der Waals surface area contributed by atoms with Crippen molar-refractivity contribution in [3.63, 3.8) is 0 Å². The van der Waals surface area contributed by atoms with Crippen LogP contribution in [0.3, 0.4) is 0 Å². The van der Waals surface area contributed by atoms with E-state index in [4.69, 9.17) is 16.3 Å². The van der Waals surface area contributed by atoms with Crippen molar-refractivity contribution in [3.05, 3.63) is 58.9 Å². The molecular formula is C16H19ClN2O2. The maximum Gasteiger partial charge on any atom is 0.138 e. The molecule has 0 aliphatic carbocycles. The Morgan fingerprint density at radius 1 is 1.33 bits per heavy atom. The smallest absolute Gasteiger partial charge is 0.138 e. The SMILES string of the molecule is Cc1ccncc1CNCC(O)COc1ccccc1Cl. The number of benzene rings is 1. The first kappa shape index (κ1) is 15.8. The third-order valence-corrected chi connectivity index (χ3v) is 3.42. The van der Waals surface area contributed by atoms with Gasteiger partial charge in [-0.3, -0.25) is 4.98 Å². The maximum absolute atomic E-state index is 9.90. The van der Waals surface area contributed by atoms with Gasteiger partial charge in [0.15, 0.2) is 0 Å². The highest BCUT2D eigenvalue weighted by Gasteiger charge is 2.07. The fourth-order valence-electron chi connectivity index (χ4n) is 1.86. The van der Waals surface area contributed by atoms with Crippen LogP contribution in [-0.2, 0) is 6.54 Å². The lowest BCUT2D eigenvalue weighted by atomic mass is 10.1. The van der Waals surface area contributed by atoms with Gasteiger partial charge in [-0.1, -0.05) is 23.7 Å². The average Bonchev–Trinajstić information content (AvgIpc) is 2.48. The second-order valence-electron chi connectivity index (χ2n) is 4.83. The van der Waals surface area contributed by atoms with Crippen molar-refractivity contribution in [2.45, 2.75) is 19.6 Å². The van der Waals surface area contributed by atoms with Crippen LogP contribution >= 0.6 is 11.6 Å². The topological polar surface area (TPSA) is 54.4 Å². The van der Waals surface area contributed by atoms with E-state index in [1.807, 2.05) is 31.3 Å². The van der Waals surface area contributed by atoms with Gasteiger partial charge < -0.3 is 15.2 Å². The zero-order valence-electron chi connectivity index (χ0n) is 11.9. The predicted molar refractivity (Wildman–Crippen MR) is 83.6 cm³/mol. The highest BCUT2D eigenvalue weighted by molar-refractivity contribution is 6.32. The molecule has 5 heteroatoms. The summed E-state index contributed by atoms with van der Waals surface area (Å²) in [4.78, 5) is 4.09. The molecule has 1 aromatic carbocycles. The molecule has 0 aliphatic heterocycles. The van der Waals surface area contributed by atoms with E-state index in [9.17, 15) is 5.11 Å². The molecule has 1 unspecified atom stereocenters. The number of nitrogens with one attached hydrogen (secondary N) is 1. The van der Waals surface area contributed by atoms with Crippen LogP contribution < -0.4 is 10.1 Å². The van der Waals surface area contributed by atoms with Crippen LogP contribution in [0.5, 0.6) is 5.75 Å². The van der Waals surface area contributed by atoms with Crippen molar-refractivity contribution >= 4 is 11.6 Å². The zero-order chi connectivity index (χ0) is 15.1. The van der Waals surface area contributed by atoms with Crippen LogP contribution in [0.15, 0.2) is 42.7 Å². The number of aliphatic hydroxyl groups is 1. The van der Waals surface area contributed by atoms with E-state index < -0.39 is 6.10 Å². The molecule has 4 nitrogen and oxygen atoms in total. The van der Waals surface area contributed by atoms with Crippen LogP contribution in [0.2, 0.25) is 5.02 Å². The van der Waals surface area contributed by atoms with Gasteiger partial charge in [0.25, 0.3) is 0 Å². The Bertz CT molecular complexity index is 578. The van der Waals surface area contributed by atoms with Gasteiger partial charge in [-0.2, -0.15) is 0 Å². The van der Waals surface area contributed by atoms with E-state index in [0.717, 1.165) is 5.56 Å². The summed E-state index contributed by atoms with van der Waals surface area (Å²) >= 11 is 5.98. The summed E-state index contributed by atoms with van der Waals surface area (Å²) in [6, 6.07) is 9.18. The van der Waals surface area contributed by atoms with Gasteiger partial charge >= 0.3 is 0 Å². The fourth-order valence-corrected chi connectivity index (χ4v) is 2.05. The normalized spacial score (nSPS) is 12.1. The second kappa shape index (κ2) is 7.98. The quantitative estimate of drug-likeness (QED) is 0.825. The first-order valence-electron chi connectivity index (χ1n) is 6.82. The minimum absolute atomic E-state index is 0.197. The zero-order valence-corrected chi connectivity index (χ0v) is 12.7. The number of aryl methyl sites for hydroxylation is 1. The molecule has 0 amide bonds. The van der Waals surface area contributed by atoms with Crippen molar-refractivity contribution in [2.24, 2.45) is 0 Å². The van der Waals surface area contributed by atoms with Gasteiger partial charge in [0, 0.05) is 25.5 Å². The van der Waals surface area contributed by atoms with Gasteiger partial charge in [-0.15, -0.1) is 0 Å². The summed E-state index contributed by atoms with van der Waals surface area (Å²) in [5.74, 6) is 0.585. The Kier molecular flexibility index (Phi) is 5.99. The summed E-state index contributed by atoms with van der Waals surface area (Å²) in [6.45, 7) is 3.35. The van der Waals surface area contributed by atoms with Crippen LogP contribution in [0.4, 0.5) is 0 Å². The van der Waals surface area contributed by atoms with Gasteiger partial charge in [0.2, 0.25) is 0 Å². The highest BCUT2D eigenvalue weighted by Crippen LogP contribution is 2.23. The summed E-state index contributed by atoms with van der Waals surface area (Å²) in [7, 11) is 0. The van der Waals surface area contributed by atoms with Crippen LogP contribution in [0.25, 0.3) is 0 Å². The molecule has 0 spiro atoms. The van der Waals surface area contributed by atoms with Crippen molar-refractivity contribution in [1.29, 1.82) is 0 Å². The number of rotatable bonds is 7. The summed E-state index contributed by atoms with van der Waals surface area (Å²) in [6.07, 6.45) is 3.00. The van der Waals surface area contributed by atoms with Crippen LogP contribution in [-0.4, -0.2) is 29.3 Å². The number of hydrogen-bond donors (Lipinski definition) is 2. The van der Waals surface area contributed by atoms with Crippen molar-refractivity contribution in [3.8, 4) is 5.75 Å². The largest absolute Gasteiger partial charge is 0.489 e. The van der Waals surface area contributed by atoms with Crippen molar-refractivity contribution < 1.29 is 9.84 Å². The molecule has 0 aliphatic rings. The number of aromatic nitrogens is 1. The molecule has 0 fully saturated rings. The van der Waals surface area contributed by atoms with E-state index >= 15 is 0 Å². The van der Waals surface area contributed by atoms with Gasteiger partial charge in [0.1, 0.15) is 18.5 Å². The number of aliphatic hydroxyl groups excluding tert-OH is 1. The lowest BCUT2D eigenvalue weighted by Crippen LogP contribution is -2.31. The molecule has 112 valence electrons. The van der Waals surface area contributed by atoms with E-state index in [-0.39, 0.29) is 6.61 Å². The molecule has 21 heavy (non-hydrogen) atoms. The van der Waals surface area contributed by atoms with E-state index in [1.54, 1.807) is 18.3 Å². The van der Waals surface area contributed by atoms with E-state index in [2.05, 4.69) is 10.3 Å². The first-order chi connectivity index (χ1) is 10.2. The molecule has 0 saturated carbocycles. The molecule has 2 aromatic rings. The third kappa shape index (κ3) is 5.01. The Labute approximate surface area is 129 Å². The van der Waals surface area contributed by atoms with Gasteiger partial charge in [0.05, 0.1) is 5.02 Å². The molecule has 1 heterocycles. The fraction of sp³-hybridized carbons (Fsp3) is 0.312. The molecule has 1 aromatic heterocycles. The Hall–Kier alpha value is -1.62. The maximum atomic E-state index is 9.90. The van der Waals surface area contributed by atoms with E-state index in [0.29, 0.717) is 23.9 Å². The number of nitrogens with zero attached hydrogens (tertiary/aromatic N) is 1. The summed E-state index contributed by atoms with van der Waals surface area (Å²) < 4.78 is 5.49. The standard InChI is InChI=1S/C16H19ClN2O2/c1-12-6-7-18-8-13(12)9-19-10-14(20)11-21-16-5-3-2-4-15(16)17/h2-8,14,19-20H,9-11H2,1H3. The number of para-hydroxylation sites is 1. The van der Waals surface area contributed by atoms with E-state index in [1.165, 1.54) is 5.56 Å². The Morgan fingerprint density at radius 2 is 2.14 bits per heavy atom. The number of ether oxygens (including phenoxy) is 1. The second-order valence-corrected chi connectivity index (χ2v) is 5.24. The Balaban J connectivity index is 1.72. The lowest BCUT2D eigenvalue weighted by molar-refractivity contribution is 0.106. The third-order valence-electron chi connectivity index (χ3n) is 3.11. The molecular weight excluding hydrogens is 288 g/mol. The van der Waals surface area contributed by atoms with Crippen LogP contribution in [0.1, 0.15) is 11.1 Å². The monoisotopic (exact) mass is 306 g/mol. The summed E-state index contributed by atoms with van der Waals surface area (Å²) in [5.41, 5.74) is 2.30. The predicted octanol–water partition coefficient (Wildman–Crippen LogP) is 2.57. The minimum Gasteiger partial charge on any atom is -0.489 e. The van der Waals surface area contributed by atoms with Crippen LogP contribution in [0, 0.1) is 6.92 Å². The number of pyridine rings is 1. The first-order valence-corrected chi connectivity index (χ1v) is 7.20. The molecule has 2 rings (SSSR count). The molecule has 0 bridgehead atoms. The lowest BCUT2D eigenvalue weighted by Gasteiger charge is -2.14. The average molecular weight is 307 g/mol. The molecule has 0 saturated heterocycles. The van der Waals surface area contributed by atoms with Gasteiger partial charge in [-0.05, 0) is 36.2 Å². The minimum atomic E-state index is -0.599. The van der Waals surface area contributed by atoms with Crippen molar-refractivity contribution in [1.82, 2.24) is 10.3 Å².